The van der Waals surface area contributed by atoms with Crippen LogP contribution in [0.4, 0.5) is 8.78 Å². The predicted molar refractivity (Wildman–Crippen MR) is 68.7 cm³/mol. The molecule has 0 amide bonds. The fourth-order valence-electron chi connectivity index (χ4n) is 2.74. The zero-order valence-electron chi connectivity index (χ0n) is 10.9. The van der Waals surface area contributed by atoms with Crippen molar-refractivity contribution in [3.63, 3.8) is 0 Å². The molecular formula is C14H15F2N3. The van der Waals surface area contributed by atoms with E-state index in [0.29, 0.717) is 5.56 Å². The first-order chi connectivity index (χ1) is 9.06. The van der Waals surface area contributed by atoms with Crippen LogP contribution < -0.4 is 5.32 Å². The van der Waals surface area contributed by atoms with Crippen molar-refractivity contribution in [2.45, 2.75) is 19.4 Å². The lowest BCUT2D eigenvalue weighted by atomic mass is 9.97. The standard InChI is InChI=1S/C14H15F2N3/c1-8-13-12(3-4-17-8)14(19(2)18-13)9-5-10(15)7-11(16)6-9/h5-8,17H,3-4H2,1-2H3/t8-/m0/s1. The molecule has 3 rings (SSSR count). The number of nitrogens with zero attached hydrogens (tertiary/aromatic N) is 2. The van der Waals surface area contributed by atoms with Gasteiger partial charge in [0.15, 0.2) is 0 Å². The smallest absolute Gasteiger partial charge is 0.126 e. The average Bonchev–Trinajstić information content (AvgIpc) is 2.65. The van der Waals surface area contributed by atoms with Crippen LogP contribution in [-0.2, 0) is 13.5 Å². The third kappa shape index (κ3) is 2.04. The van der Waals surface area contributed by atoms with Gasteiger partial charge in [0, 0.05) is 30.3 Å². The number of fused-ring (bicyclic) bond motifs is 1. The molecule has 19 heavy (non-hydrogen) atoms. The van der Waals surface area contributed by atoms with E-state index < -0.39 is 11.6 Å². The lowest BCUT2D eigenvalue weighted by Gasteiger charge is -2.19. The van der Waals surface area contributed by atoms with E-state index in [-0.39, 0.29) is 6.04 Å². The number of hydrogen-bond acceptors (Lipinski definition) is 2. The van der Waals surface area contributed by atoms with Crippen molar-refractivity contribution in [2.75, 3.05) is 6.54 Å². The molecule has 1 aromatic heterocycles. The highest BCUT2D eigenvalue weighted by Gasteiger charge is 2.25. The Labute approximate surface area is 110 Å². The molecule has 2 aromatic rings. The highest BCUT2D eigenvalue weighted by Crippen LogP contribution is 2.32. The largest absolute Gasteiger partial charge is 0.308 e. The molecule has 0 radical (unpaired) electrons. The first-order valence-corrected chi connectivity index (χ1v) is 6.32. The number of aromatic nitrogens is 2. The molecule has 3 nitrogen and oxygen atoms in total. The quantitative estimate of drug-likeness (QED) is 0.857. The summed E-state index contributed by atoms with van der Waals surface area (Å²) in [6, 6.07) is 3.76. The van der Waals surface area contributed by atoms with Crippen LogP contribution in [0.3, 0.4) is 0 Å². The van der Waals surface area contributed by atoms with Gasteiger partial charge in [0.1, 0.15) is 11.6 Å². The molecule has 1 atom stereocenters. The van der Waals surface area contributed by atoms with Gasteiger partial charge in [0.2, 0.25) is 0 Å². The SMILES string of the molecule is C[C@@H]1NCCc2c1nn(C)c2-c1cc(F)cc(F)c1. The lowest BCUT2D eigenvalue weighted by Crippen LogP contribution is -2.27. The van der Waals surface area contributed by atoms with Crippen LogP contribution >= 0.6 is 0 Å². The Morgan fingerprint density at radius 1 is 1.26 bits per heavy atom. The van der Waals surface area contributed by atoms with Crippen molar-refractivity contribution >= 4 is 0 Å². The summed E-state index contributed by atoms with van der Waals surface area (Å²) in [4.78, 5) is 0. The van der Waals surface area contributed by atoms with Crippen molar-refractivity contribution in [3.05, 3.63) is 41.1 Å². The van der Waals surface area contributed by atoms with Gasteiger partial charge in [0.05, 0.1) is 11.4 Å². The predicted octanol–water partition coefficient (Wildman–Crippen LogP) is 2.57. The molecular weight excluding hydrogens is 248 g/mol. The highest BCUT2D eigenvalue weighted by molar-refractivity contribution is 5.65. The Morgan fingerprint density at radius 3 is 2.63 bits per heavy atom. The Morgan fingerprint density at radius 2 is 1.95 bits per heavy atom. The molecule has 100 valence electrons. The topological polar surface area (TPSA) is 29.9 Å². The van der Waals surface area contributed by atoms with Crippen molar-refractivity contribution in [1.82, 2.24) is 15.1 Å². The number of aryl methyl sites for hydroxylation is 1. The van der Waals surface area contributed by atoms with Gasteiger partial charge >= 0.3 is 0 Å². The van der Waals surface area contributed by atoms with Crippen molar-refractivity contribution in [3.8, 4) is 11.3 Å². The van der Waals surface area contributed by atoms with E-state index in [1.807, 2.05) is 14.0 Å². The van der Waals surface area contributed by atoms with E-state index in [4.69, 9.17) is 0 Å². The van der Waals surface area contributed by atoms with E-state index in [0.717, 1.165) is 36.0 Å². The zero-order chi connectivity index (χ0) is 13.6. The van der Waals surface area contributed by atoms with Crippen LogP contribution in [0.2, 0.25) is 0 Å². The first kappa shape index (κ1) is 12.3. The van der Waals surface area contributed by atoms with E-state index in [9.17, 15) is 8.78 Å². The highest BCUT2D eigenvalue weighted by atomic mass is 19.1. The van der Waals surface area contributed by atoms with Gasteiger partial charge in [-0.05, 0) is 32.0 Å². The van der Waals surface area contributed by atoms with E-state index in [2.05, 4.69) is 10.4 Å². The maximum absolute atomic E-state index is 13.4. The maximum Gasteiger partial charge on any atom is 0.126 e. The molecule has 0 bridgehead atoms. The molecule has 0 fully saturated rings. The number of rotatable bonds is 1. The van der Waals surface area contributed by atoms with Gasteiger partial charge in [-0.2, -0.15) is 5.10 Å². The minimum atomic E-state index is -0.563. The third-order valence-corrected chi connectivity index (χ3v) is 3.55. The number of hydrogen-bond donors (Lipinski definition) is 1. The van der Waals surface area contributed by atoms with Crippen LogP contribution in [0.1, 0.15) is 24.2 Å². The fraction of sp³-hybridized carbons (Fsp3) is 0.357. The molecule has 1 aromatic carbocycles. The van der Waals surface area contributed by atoms with Crippen LogP contribution in [0, 0.1) is 11.6 Å². The maximum atomic E-state index is 13.4. The van der Waals surface area contributed by atoms with Crippen LogP contribution in [0.25, 0.3) is 11.3 Å². The van der Waals surface area contributed by atoms with Crippen molar-refractivity contribution in [2.24, 2.45) is 7.05 Å². The van der Waals surface area contributed by atoms with Crippen LogP contribution in [-0.4, -0.2) is 16.3 Å². The number of benzene rings is 1. The Kier molecular flexibility index (Phi) is 2.86. The summed E-state index contributed by atoms with van der Waals surface area (Å²) in [5.74, 6) is -1.13. The van der Waals surface area contributed by atoms with Crippen LogP contribution in [0.5, 0.6) is 0 Å². The Hall–Kier alpha value is -1.75. The normalized spacial score (nSPS) is 18.4. The second kappa shape index (κ2) is 4.42. The molecule has 1 aliphatic rings. The van der Waals surface area contributed by atoms with E-state index in [1.165, 1.54) is 12.1 Å². The number of halogens is 2. The molecule has 2 heterocycles. The molecule has 1 aliphatic heterocycles. The zero-order valence-corrected chi connectivity index (χ0v) is 10.9. The van der Waals surface area contributed by atoms with Gasteiger partial charge in [-0.15, -0.1) is 0 Å². The lowest BCUT2D eigenvalue weighted by molar-refractivity contribution is 0.525. The summed E-state index contributed by atoms with van der Waals surface area (Å²) < 4.78 is 28.5. The van der Waals surface area contributed by atoms with Crippen molar-refractivity contribution in [1.29, 1.82) is 0 Å². The van der Waals surface area contributed by atoms with E-state index >= 15 is 0 Å². The Bertz CT molecular complexity index is 614. The second-order valence-corrected chi connectivity index (χ2v) is 4.92. The van der Waals surface area contributed by atoms with Crippen molar-refractivity contribution < 1.29 is 8.78 Å². The summed E-state index contributed by atoms with van der Waals surface area (Å²) in [7, 11) is 1.81. The summed E-state index contributed by atoms with van der Waals surface area (Å²) in [5.41, 5.74) is 3.40. The van der Waals surface area contributed by atoms with Gasteiger partial charge in [-0.3, -0.25) is 4.68 Å². The molecule has 0 unspecified atom stereocenters. The Balaban J connectivity index is 2.20. The first-order valence-electron chi connectivity index (χ1n) is 6.32. The minimum absolute atomic E-state index is 0.169. The summed E-state index contributed by atoms with van der Waals surface area (Å²) in [6.45, 7) is 2.89. The second-order valence-electron chi connectivity index (χ2n) is 4.92. The van der Waals surface area contributed by atoms with E-state index in [1.54, 1.807) is 4.68 Å². The molecule has 0 saturated heterocycles. The monoisotopic (exact) mass is 263 g/mol. The minimum Gasteiger partial charge on any atom is -0.308 e. The average molecular weight is 263 g/mol. The molecule has 0 saturated carbocycles. The molecule has 5 heteroatoms. The molecule has 0 spiro atoms. The van der Waals surface area contributed by atoms with Crippen LogP contribution in [0.15, 0.2) is 18.2 Å². The van der Waals surface area contributed by atoms with Gasteiger partial charge in [0.25, 0.3) is 0 Å². The number of nitrogens with one attached hydrogen (secondary N) is 1. The third-order valence-electron chi connectivity index (χ3n) is 3.55. The summed E-state index contributed by atoms with van der Waals surface area (Å²) >= 11 is 0. The summed E-state index contributed by atoms with van der Waals surface area (Å²) in [6.07, 6.45) is 0.820. The molecule has 0 aliphatic carbocycles. The fourth-order valence-corrected chi connectivity index (χ4v) is 2.74. The molecule has 1 N–H and O–H groups in total. The van der Waals surface area contributed by atoms with Gasteiger partial charge < -0.3 is 5.32 Å². The van der Waals surface area contributed by atoms with Gasteiger partial charge in [-0.25, -0.2) is 8.78 Å². The summed E-state index contributed by atoms with van der Waals surface area (Å²) in [5, 5.41) is 7.81. The van der Waals surface area contributed by atoms with Gasteiger partial charge in [-0.1, -0.05) is 0 Å².